The van der Waals surface area contributed by atoms with Crippen LogP contribution in [0.2, 0.25) is 0 Å². The van der Waals surface area contributed by atoms with Gasteiger partial charge < -0.3 is 5.32 Å². The van der Waals surface area contributed by atoms with E-state index in [-0.39, 0.29) is 6.04 Å². The van der Waals surface area contributed by atoms with Gasteiger partial charge in [-0.05, 0) is 33.0 Å². The molecule has 0 atom stereocenters. The van der Waals surface area contributed by atoms with Gasteiger partial charge in [0.15, 0.2) is 5.11 Å². The van der Waals surface area contributed by atoms with Gasteiger partial charge in [0.1, 0.15) is 5.69 Å². The van der Waals surface area contributed by atoms with Gasteiger partial charge >= 0.3 is 0 Å². The maximum absolute atomic E-state index is 5.03. The summed E-state index contributed by atoms with van der Waals surface area (Å²) < 4.78 is 0. The molecule has 0 aliphatic carbocycles. The predicted octanol–water partition coefficient (Wildman–Crippen LogP) is 1.07. The molecule has 2 N–H and O–H groups in total. The maximum Gasteiger partial charge on any atom is 0.187 e. The highest BCUT2D eigenvalue weighted by Crippen LogP contribution is 1.92. The van der Waals surface area contributed by atoms with Gasteiger partial charge in [-0.2, -0.15) is 5.10 Å². The van der Waals surface area contributed by atoms with Crippen LogP contribution in [0, 0.1) is 0 Å². The zero-order valence-corrected chi connectivity index (χ0v) is 10.4. The van der Waals surface area contributed by atoms with E-state index in [1.165, 1.54) is 0 Å². The van der Waals surface area contributed by atoms with Crippen LogP contribution < -0.4 is 10.7 Å². The van der Waals surface area contributed by atoms with Crippen LogP contribution in [0.3, 0.4) is 0 Å². The lowest BCUT2D eigenvalue weighted by Crippen LogP contribution is -2.37. The monoisotopic (exact) mass is 237 g/mol. The van der Waals surface area contributed by atoms with Gasteiger partial charge in [0, 0.05) is 18.4 Å². The summed E-state index contributed by atoms with van der Waals surface area (Å²) in [6, 6.07) is 0.284. The Morgan fingerprint density at radius 1 is 1.44 bits per heavy atom. The summed E-state index contributed by atoms with van der Waals surface area (Å²) in [7, 11) is 0. The fourth-order valence-electron chi connectivity index (χ4n) is 0.972. The Balaban J connectivity index is 2.55. The second-order valence-corrected chi connectivity index (χ2v) is 3.94. The Morgan fingerprint density at radius 3 is 2.75 bits per heavy atom. The van der Waals surface area contributed by atoms with E-state index in [1.54, 1.807) is 18.6 Å². The normalized spacial score (nSPS) is 11.4. The highest BCUT2D eigenvalue weighted by atomic mass is 32.1. The minimum absolute atomic E-state index is 0.284. The number of hydrazone groups is 1. The Labute approximate surface area is 100 Å². The third kappa shape index (κ3) is 4.31. The predicted molar refractivity (Wildman–Crippen MR) is 68.2 cm³/mol. The molecule has 6 heteroatoms. The molecule has 1 heterocycles. The lowest BCUT2D eigenvalue weighted by Gasteiger charge is -2.10. The fourth-order valence-corrected chi connectivity index (χ4v) is 1.25. The first kappa shape index (κ1) is 12.5. The van der Waals surface area contributed by atoms with Crippen molar-refractivity contribution in [3.63, 3.8) is 0 Å². The molecule has 0 radical (unpaired) electrons. The zero-order chi connectivity index (χ0) is 12.0. The van der Waals surface area contributed by atoms with E-state index in [2.05, 4.69) is 25.8 Å². The largest absolute Gasteiger partial charge is 0.359 e. The van der Waals surface area contributed by atoms with Crippen LogP contribution in [-0.4, -0.2) is 26.8 Å². The molecule has 1 rings (SSSR count). The number of thiocarbonyl (C=S) groups is 1. The van der Waals surface area contributed by atoms with E-state index in [4.69, 9.17) is 12.2 Å². The van der Waals surface area contributed by atoms with Crippen molar-refractivity contribution in [2.45, 2.75) is 26.8 Å². The molecule has 1 aromatic rings. The van der Waals surface area contributed by atoms with Gasteiger partial charge in [-0.3, -0.25) is 15.4 Å². The topological polar surface area (TPSA) is 62.2 Å². The van der Waals surface area contributed by atoms with E-state index in [1.807, 2.05) is 20.8 Å². The first-order valence-corrected chi connectivity index (χ1v) is 5.37. The van der Waals surface area contributed by atoms with Crippen molar-refractivity contribution >= 4 is 23.0 Å². The first-order valence-electron chi connectivity index (χ1n) is 4.96. The smallest absolute Gasteiger partial charge is 0.187 e. The first-order chi connectivity index (χ1) is 7.59. The van der Waals surface area contributed by atoms with Crippen molar-refractivity contribution in [3.05, 3.63) is 24.3 Å². The molecule has 86 valence electrons. The molecule has 5 nitrogen and oxygen atoms in total. The Kier molecular flexibility index (Phi) is 4.78. The quantitative estimate of drug-likeness (QED) is 0.468. The van der Waals surface area contributed by atoms with Crippen LogP contribution in [0.25, 0.3) is 0 Å². The van der Waals surface area contributed by atoms with E-state index in [9.17, 15) is 0 Å². The average Bonchev–Trinajstić information content (AvgIpc) is 2.26. The van der Waals surface area contributed by atoms with E-state index in [0.29, 0.717) is 5.11 Å². The molecule has 16 heavy (non-hydrogen) atoms. The third-order valence-corrected chi connectivity index (χ3v) is 1.89. The van der Waals surface area contributed by atoms with Gasteiger partial charge in [0.05, 0.1) is 11.9 Å². The van der Waals surface area contributed by atoms with Crippen molar-refractivity contribution in [2.24, 2.45) is 5.10 Å². The number of nitrogens with zero attached hydrogens (tertiary/aromatic N) is 3. The summed E-state index contributed by atoms with van der Waals surface area (Å²) in [4.78, 5) is 8.08. The lowest BCUT2D eigenvalue weighted by molar-refractivity contribution is 0.719. The standard InChI is InChI=1S/C10H15N5S/c1-7(2)13-10(16)15-14-8(3)9-6-11-4-5-12-9/h4-7H,1-3H3,(H2,13,15,16)/b14-8-. The van der Waals surface area contributed by atoms with Gasteiger partial charge in [-0.15, -0.1) is 0 Å². The number of rotatable bonds is 3. The number of aromatic nitrogens is 2. The molecule has 0 saturated heterocycles. The van der Waals surface area contributed by atoms with Crippen LogP contribution in [0.5, 0.6) is 0 Å². The van der Waals surface area contributed by atoms with Crippen LogP contribution in [-0.2, 0) is 0 Å². The molecule has 0 aliphatic heterocycles. The van der Waals surface area contributed by atoms with Crippen molar-refractivity contribution in [3.8, 4) is 0 Å². The summed E-state index contributed by atoms with van der Waals surface area (Å²) in [5.74, 6) is 0. The van der Waals surface area contributed by atoms with E-state index in [0.717, 1.165) is 11.4 Å². The Bertz CT molecular complexity index is 374. The summed E-state index contributed by atoms with van der Waals surface area (Å²) in [6.07, 6.45) is 4.90. The minimum Gasteiger partial charge on any atom is -0.359 e. The molecular formula is C10H15N5S. The zero-order valence-electron chi connectivity index (χ0n) is 9.56. The molecular weight excluding hydrogens is 222 g/mol. The van der Waals surface area contributed by atoms with Crippen molar-refractivity contribution in [1.82, 2.24) is 20.7 Å². The number of hydrogen-bond donors (Lipinski definition) is 2. The Hall–Kier alpha value is -1.56. The molecule has 0 fully saturated rings. The average molecular weight is 237 g/mol. The minimum atomic E-state index is 0.284. The summed E-state index contributed by atoms with van der Waals surface area (Å²) in [5.41, 5.74) is 4.21. The molecule has 0 spiro atoms. The van der Waals surface area contributed by atoms with Gasteiger partial charge in [-0.1, -0.05) is 0 Å². The van der Waals surface area contributed by atoms with Gasteiger partial charge in [-0.25, -0.2) is 0 Å². The van der Waals surface area contributed by atoms with Crippen molar-refractivity contribution in [2.75, 3.05) is 0 Å². The van der Waals surface area contributed by atoms with E-state index < -0.39 is 0 Å². The fraction of sp³-hybridized carbons (Fsp3) is 0.400. The molecule has 0 aliphatic rings. The molecule has 1 aromatic heterocycles. The van der Waals surface area contributed by atoms with Gasteiger partial charge in [0.25, 0.3) is 0 Å². The van der Waals surface area contributed by atoms with Crippen LogP contribution in [0.1, 0.15) is 26.5 Å². The summed E-state index contributed by atoms with van der Waals surface area (Å²) >= 11 is 5.03. The van der Waals surface area contributed by atoms with E-state index >= 15 is 0 Å². The lowest BCUT2D eigenvalue weighted by atomic mass is 10.3. The highest BCUT2D eigenvalue weighted by Gasteiger charge is 1.99. The van der Waals surface area contributed by atoms with Crippen LogP contribution >= 0.6 is 12.2 Å². The summed E-state index contributed by atoms with van der Waals surface area (Å²) in [5, 5.41) is 7.63. The molecule has 0 unspecified atom stereocenters. The molecule has 0 aromatic carbocycles. The number of nitrogens with one attached hydrogen (secondary N) is 2. The molecule has 0 saturated carbocycles. The Morgan fingerprint density at radius 2 is 2.19 bits per heavy atom. The SMILES string of the molecule is C/C(=N/NC(=S)NC(C)C)c1cnccn1. The summed E-state index contributed by atoms with van der Waals surface area (Å²) in [6.45, 7) is 5.86. The second-order valence-electron chi connectivity index (χ2n) is 3.53. The van der Waals surface area contributed by atoms with Crippen molar-refractivity contribution < 1.29 is 0 Å². The second kappa shape index (κ2) is 6.12. The van der Waals surface area contributed by atoms with Crippen molar-refractivity contribution in [1.29, 1.82) is 0 Å². The van der Waals surface area contributed by atoms with Gasteiger partial charge in [0.2, 0.25) is 0 Å². The molecule has 0 amide bonds. The van der Waals surface area contributed by atoms with Crippen LogP contribution in [0.15, 0.2) is 23.7 Å². The maximum atomic E-state index is 5.03. The highest BCUT2D eigenvalue weighted by molar-refractivity contribution is 7.80. The van der Waals surface area contributed by atoms with Crippen LogP contribution in [0.4, 0.5) is 0 Å². The third-order valence-electron chi connectivity index (χ3n) is 1.68. The molecule has 0 bridgehead atoms. The number of hydrogen-bond acceptors (Lipinski definition) is 4.